The molecule has 156 valence electrons. The van der Waals surface area contributed by atoms with Crippen molar-refractivity contribution in [2.75, 3.05) is 18.0 Å². The summed E-state index contributed by atoms with van der Waals surface area (Å²) >= 11 is 7.44. The molecule has 0 bridgehead atoms. The fourth-order valence-electron chi connectivity index (χ4n) is 3.54. The summed E-state index contributed by atoms with van der Waals surface area (Å²) in [6, 6.07) is 9.08. The van der Waals surface area contributed by atoms with Gasteiger partial charge in [0.2, 0.25) is 16.9 Å². The second-order valence-corrected chi connectivity index (χ2v) is 8.66. The summed E-state index contributed by atoms with van der Waals surface area (Å²) in [5.74, 6) is -0.505. The van der Waals surface area contributed by atoms with Gasteiger partial charge < -0.3 is 10.2 Å². The lowest BCUT2D eigenvalue weighted by Crippen LogP contribution is -2.34. The molecule has 0 aliphatic carbocycles. The summed E-state index contributed by atoms with van der Waals surface area (Å²) in [6.45, 7) is 4.81. The van der Waals surface area contributed by atoms with Gasteiger partial charge in [0.1, 0.15) is 0 Å². The van der Waals surface area contributed by atoms with Crippen LogP contribution in [0.1, 0.15) is 23.5 Å². The van der Waals surface area contributed by atoms with E-state index < -0.39 is 0 Å². The molecule has 30 heavy (non-hydrogen) atoms. The lowest BCUT2D eigenvalue weighted by Gasteiger charge is -2.16. The number of aryl methyl sites for hydroxylation is 2. The van der Waals surface area contributed by atoms with Crippen molar-refractivity contribution in [1.29, 1.82) is 0 Å². The molecule has 7 nitrogen and oxygen atoms in total. The van der Waals surface area contributed by atoms with Gasteiger partial charge in [-0.15, -0.1) is 11.3 Å². The van der Waals surface area contributed by atoms with E-state index in [2.05, 4.69) is 15.4 Å². The first kappa shape index (κ1) is 20.6. The number of nitrogens with zero attached hydrogens (tertiary/aromatic N) is 4. The van der Waals surface area contributed by atoms with Gasteiger partial charge in [-0.3, -0.25) is 9.59 Å². The molecule has 3 heterocycles. The zero-order chi connectivity index (χ0) is 21.3. The van der Waals surface area contributed by atoms with Gasteiger partial charge in [-0.1, -0.05) is 11.6 Å². The first-order valence-electron chi connectivity index (χ1n) is 9.72. The fourth-order valence-corrected chi connectivity index (χ4v) is 4.54. The molecule has 1 aliphatic rings. The van der Waals surface area contributed by atoms with Gasteiger partial charge in [0, 0.05) is 47.7 Å². The van der Waals surface area contributed by atoms with Crippen LogP contribution in [0.3, 0.4) is 0 Å². The Morgan fingerprint density at radius 1 is 1.30 bits per heavy atom. The van der Waals surface area contributed by atoms with Gasteiger partial charge in [-0.2, -0.15) is 5.10 Å². The number of benzene rings is 1. The number of aromatic nitrogens is 3. The maximum atomic E-state index is 12.5. The van der Waals surface area contributed by atoms with Crippen LogP contribution in [0.5, 0.6) is 0 Å². The summed E-state index contributed by atoms with van der Waals surface area (Å²) in [6.07, 6.45) is 0.844. The number of nitrogens with one attached hydrogen (secondary N) is 1. The highest BCUT2D eigenvalue weighted by Crippen LogP contribution is 2.26. The van der Waals surface area contributed by atoms with Gasteiger partial charge in [-0.05, 0) is 44.2 Å². The van der Waals surface area contributed by atoms with E-state index in [1.807, 2.05) is 30.0 Å². The third-order valence-corrected chi connectivity index (χ3v) is 6.16. The Balaban J connectivity index is 1.30. The zero-order valence-electron chi connectivity index (χ0n) is 16.8. The van der Waals surface area contributed by atoms with Crippen LogP contribution in [-0.4, -0.2) is 39.7 Å². The molecule has 2 amide bonds. The fraction of sp³-hybridized carbons (Fsp3) is 0.333. The zero-order valence-corrected chi connectivity index (χ0v) is 18.3. The van der Waals surface area contributed by atoms with E-state index >= 15 is 0 Å². The Bertz CT molecular complexity index is 1080. The summed E-state index contributed by atoms with van der Waals surface area (Å²) in [5, 5.41) is 10.8. The molecule has 1 aliphatic heterocycles. The highest BCUT2D eigenvalue weighted by molar-refractivity contribution is 7.12. The lowest BCUT2D eigenvalue weighted by atomic mass is 10.1. The normalized spacial score (nSPS) is 16.3. The van der Waals surface area contributed by atoms with Crippen molar-refractivity contribution in [3.63, 3.8) is 0 Å². The number of rotatable bonds is 6. The van der Waals surface area contributed by atoms with Crippen molar-refractivity contribution in [1.82, 2.24) is 20.1 Å². The molecule has 0 saturated carbocycles. The van der Waals surface area contributed by atoms with Crippen LogP contribution in [0.25, 0.3) is 5.13 Å². The Morgan fingerprint density at radius 2 is 2.07 bits per heavy atom. The van der Waals surface area contributed by atoms with E-state index in [-0.39, 0.29) is 24.2 Å². The van der Waals surface area contributed by atoms with Gasteiger partial charge in [0.25, 0.3) is 0 Å². The highest BCUT2D eigenvalue weighted by atomic mass is 35.5. The molecule has 2 aromatic heterocycles. The average Bonchev–Trinajstić information content (AvgIpc) is 3.41. The Kier molecular flexibility index (Phi) is 5.87. The number of thiazole rings is 1. The quantitative estimate of drug-likeness (QED) is 0.633. The average molecular weight is 444 g/mol. The molecule has 1 saturated heterocycles. The van der Waals surface area contributed by atoms with Crippen LogP contribution < -0.4 is 10.2 Å². The van der Waals surface area contributed by atoms with Crippen molar-refractivity contribution < 1.29 is 9.59 Å². The van der Waals surface area contributed by atoms with Gasteiger partial charge in [0.05, 0.1) is 17.3 Å². The lowest BCUT2D eigenvalue weighted by molar-refractivity contribution is -0.126. The molecule has 0 radical (unpaired) electrons. The van der Waals surface area contributed by atoms with E-state index in [9.17, 15) is 9.59 Å². The highest BCUT2D eigenvalue weighted by Gasteiger charge is 2.34. The smallest absolute Gasteiger partial charge is 0.227 e. The molecule has 1 fully saturated rings. The van der Waals surface area contributed by atoms with Gasteiger partial charge in [-0.25, -0.2) is 9.67 Å². The first-order valence-corrected chi connectivity index (χ1v) is 11.0. The van der Waals surface area contributed by atoms with Crippen molar-refractivity contribution in [3.05, 3.63) is 57.8 Å². The topological polar surface area (TPSA) is 80.1 Å². The van der Waals surface area contributed by atoms with Crippen LogP contribution in [0, 0.1) is 19.8 Å². The van der Waals surface area contributed by atoms with Gasteiger partial charge >= 0.3 is 0 Å². The van der Waals surface area contributed by atoms with Crippen molar-refractivity contribution >= 4 is 40.4 Å². The SMILES string of the molecule is Cc1cc(C)n(-c2nc(CCNC(=O)C3CC(=O)N(c4ccc(Cl)cc4)C3)cs2)n1. The number of halogens is 1. The molecule has 1 atom stereocenters. The van der Waals surface area contributed by atoms with Crippen molar-refractivity contribution in [2.24, 2.45) is 5.92 Å². The van der Waals surface area contributed by atoms with Gasteiger partial charge in [0.15, 0.2) is 0 Å². The number of carbonyl (C=O) groups is 2. The van der Waals surface area contributed by atoms with Crippen LogP contribution in [0.4, 0.5) is 5.69 Å². The minimum Gasteiger partial charge on any atom is -0.355 e. The molecular formula is C21H22ClN5O2S. The predicted octanol–water partition coefficient (Wildman–Crippen LogP) is 3.31. The minimum absolute atomic E-state index is 0.0495. The largest absolute Gasteiger partial charge is 0.355 e. The number of hydrogen-bond donors (Lipinski definition) is 1. The second kappa shape index (κ2) is 8.57. The third kappa shape index (κ3) is 4.39. The Labute approximate surface area is 183 Å². The van der Waals surface area contributed by atoms with Crippen LogP contribution >= 0.6 is 22.9 Å². The second-order valence-electron chi connectivity index (χ2n) is 7.38. The molecule has 1 N–H and O–H groups in total. The van der Waals surface area contributed by atoms with E-state index in [0.717, 1.165) is 27.9 Å². The number of hydrogen-bond acceptors (Lipinski definition) is 5. The predicted molar refractivity (Wildman–Crippen MR) is 117 cm³/mol. The third-order valence-electron chi connectivity index (χ3n) is 5.04. The maximum absolute atomic E-state index is 12.5. The Hall–Kier alpha value is -2.71. The molecule has 3 aromatic rings. The molecular weight excluding hydrogens is 422 g/mol. The van der Waals surface area contributed by atoms with E-state index in [0.29, 0.717) is 24.5 Å². The number of anilines is 1. The molecule has 1 unspecified atom stereocenters. The first-order chi connectivity index (χ1) is 14.4. The molecule has 4 rings (SSSR count). The summed E-state index contributed by atoms with van der Waals surface area (Å²) in [4.78, 5) is 31.1. The summed E-state index contributed by atoms with van der Waals surface area (Å²) < 4.78 is 1.83. The summed E-state index contributed by atoms with van der Waals surface area (Å²) in [7, 11) is 0. The van der Waals surface area contributed by atoms with E-state index in [1.165, 1.54) is 11.3 Å². The van der Waals surface area contributed by atoms with Crippen molar-refractivity contribution in [3.8, 4) is 5.13 Å². The van der Waals surface area contributed by atoms with Crippen molar-refractivity contribution in [2.45, 2.75) is 26.7 Å². The monoisotopic (exact) mass is 443 g/mol. The maximum Gasteiger partial charge on any atom is 0.227 e. The standard InChI is InChI=1S/C21H22ClN5O2S/c1-13-9-14(2)27(25-13)21-24-17(12-30-21)7-8-23-20(29)15-10-19(28)26(11-15)18-5-3-16(22)4-6-18/h3-6,9,12,15H,7-8,10-11H2,1-2H3,(H,23,29). The molecule has 0 spiro atoms. The van der Waals surface area contributed by atoms with Crippen LogP contribution in [0.2, 0.25) is 5.02 Å². The summed E-state index contributed by atoms with van der Waals surface area (Å²) in [5.41, 5.74) is 3.67. The minimum atomic E-state index is -0.353. The number of amides is 2. The van der Waals surface area contributed by atoms with Crippen LogP contribution in [0.15, 0.2) is 35.7 Å². The van der Waals surface area contributed by atoms with E-state index in [4.69, 9.17) is 11.6 Å². The van der Waals surface area contributed by atoms with Crippen LogP contribution in [-0.2, 0) is 16.0 Å². The number of carbonyl (C=O) groups excluding carboxylic acids is 2. The molecule has 1 aromatic carbocycles. The van der Waals surface area contributed by atoms with E-state index in [1.54, 1.807) is 29.2 Å². The molecule has 9 heteroatoms. The Morgan fingerprint density at radius 3 is 2.77 bits per heavy atom.